The molecule has 7 heteroatoms. The molecule has 27 heavy (non-hydrogen) atoms. The number of anilines is 1. The predicted molar refractivity (Wildman–Crippen MR) is 112 cm³/mol. The van der Waals surface area contributed by atoms with Crippen molar-refractivity contribution in [3.63, 3.8) is 0 Å². The Morgan fingerprint density at radius 2 is 1.89 bits per heavy atom. The topological polar surface area (TPSA) is 67.1 Å². The first-order valence-corrected chi connectivity index (χ1v) is 10.2. The van der Waals surface area contributed by atoms with E-state index in [-0.39, 0.29) is 18.3 Å². The minimum absolute atomic E-state index is 0.0993. The van der Waals surface area contributed by atoms with E-state index in [1.54, 1.807) is 0 Å². The molecule has 1 heterocycles. The molecule has 0 saturated carbocycles. The molecule has 0 atom stereocenters. The molecule has 0 spiro atoms. The molecular formula is C20H20BrN3O2S. The number of benzene rings is 2. The Morgan fingerprint density at radius 3 is 2.56 bits per heavy atom. The van der Waals surface area contributed by atoms with Crippen molar-refractivity contribution >= 4 is 39.3 Å². The summed E-state index contributed by atoms with van der Waals surface area (Å²) in [6.07, 6.45) is 1.83. The molecule has 0 radical (unpaired) electrons. The Kier molecular flexibility index (Phi) is 6.71. The summed E-state index contributed by atoms with van der Waals surface area (Å²) in [5.74, 6) is 0.143. The van der Waals surface area contributed by atoms with Crippen molar-refractivity contribution < 1.29 is 9.90 Å². The van der Waals surface area contributed by atoms with Gasteiger partial charge in [-0.05, 0) is 36.8 Å². The molecular weight excluding hydrogens is 426 g/mol. The van der Waals surface area contributed by atoms with Crippen LogP contribution in [0.4, 0.5) is 5.69 Å². The first kappa shape index (κ1) is 19.7. The highest BCUT2D eigenvalue weighted by molar-refractivity contribution is 9.10. The van der Waals surface area contributed by atoms with Gasteiger partial charge < -0.3 is 15.0 Å². The molecule has 3 rings (SSSR count). The maximum absolute atomic E-state index is 12.2. The van der Waals surface area contributed by atoms with Crippen LogP contribution in [-0.4, -0.2) is 26.3 Å². The van der Waals surface area contributed by atoms with Gasteiger partial charge in [0.25, 0.3) is 0 Å². The Hall–Kier alpha value is -2.09. The third kappa shape index (κ3) is 5.69. The fraction of sp³-hybridized carbons (Fsp3) is 0.200. The average molecular weight is 446 g/mol. The Balaban J connectivity index is 1.64. The number of imidazole rings is 1. The second kappa shape index (κ2) is 9.21. The summed E-state index contributed by atoms with van der Waals surface area (Å²) < 4.78 is 2.93. The minimum atomic E-state index is -0.125. The summed E-state index contributed by atoms with van der Waals surface area (Å²) >= 11 is 4.73. The summed E-state index contributed by atoms with van der Waals surface area (Å²) in [5.41, 5.74) is 3.70. The number of thioether (sulfide) groups is 1. The first-order chi connectivity index (χ1) is 13.0. The summed E-state index contributed by atoms with van der Waals surface area (Å²) in [7, 11) is 0. The molecule has 0 aliphatic rings. The molecule has 0 aliphatic carbocycles. The summed E-state index contributed by atoms with van der Waals surface area (Å²) in [6, 6.07) is 15.7. The van der Waals surface area contributed by atoms with Crippen molar-refractivity contribution in [2.75, 3.05) is 11.1 Å². The molecule has 0 fully saturated rings. The Bertz CT molecular complexity index is 908. The van der Waals surface area contributed by atoms with Crippen LogP contribution in [0.25, 0.3) is 0 Å². The van der Waals surface area contributed by atoms with Gasteiger partial charge in [-0.3, -0.25) is 4.79 Å². The van der Waals surface area contributed by atoms with Crippen molar-refractivity contribution in [1.82, 2.24) is 9.55 Å². The highest BCUT2D eigenvalue weighted by atomic mass is 79.9. The number of hydrogen-bond donors (Lipinski definition) is 2. The number of carbonyl (C=O) groups is 1. The smallest absolute Gasteiger partial charge is 0.234 e. The van der Waals surface area contributed by atoms with E-state index in [0.29, 0.717) is 17.4 Å². The number of halogens is 1. The Morgan fingerprint density at radius 1 is 1.19 bits per heavy atom. The van der Waals surface area contributed by atoms with E-state index in [9.17, 15) is 9.90 Å². The van der Waals surface area contributed by atoms with E-state index in [1.165, 1.54) is 17.3 Å². The second-order valence-corrected chi connectivity index (χ2v) is 7.99. The number of aliphatic hydroxyl groups excluding tert-OH is 1. The van der Waals surface area contributed by atoms with Crippen molar-refractivity contribution in [1.29, 1.82) is 0 Å². The van der Waals surface area contributed by atoms with E-state index < -0.39 is 0 Å². The van der Waals surface area contributed by atoms with Gasteiger partial charge in [-0.2, -0.15) is 0 Å². The average Bonchev–Trinajstić information content (AvgIpc) is 3.06. The highest BCUT2D eigenvalue weighted by Crippen LogP contribution is 2.21. The van der Waals surface area contributed by atoms with Gasteiger partial charge in [0.1, 0.15) is 0 Å². The largest absolute Gasteiger partial charge is 0.390 e. The van der Waals surface area contributed by atoms with Gasteiger partial charge in [-0.1, -0.05) is 57.5 Å². The van der Waals surface area contributed by atoms with Gasteiger partial charge in [0, 0.05) is 22.9 Å². The predicted octanol–water partition coefficient (Wildman–Crippen LogP) is 4.23. The molecule has 140 valence electrons. The van der Waals surface area contributed by atoms with Crippen molar-refractivity contribution in [3.05, 3.63) is 76.0 Å². The molecule has 0 bridgehead atoms. The van der Waals surface area contributed by atoms with Crippen LogP contribution < -0.4 is 5.32 Å². The highest BCUT2D eigenvalue weighted by Gasteiger charge is 2.12. The van der Waals surface area contributed by atoms with Crippen LogP contribution in [0, 0.1) is 6.92 Å². The summed E-state index contributed by atoms with van der Waals surface area (Å²) in [6.45, 7) is 2.57. The van der Waals surface area contributed by atoms with Crippen LogP contribution in [0.2, 0.25) is 0 Å². The minimum Gasteiger partial charge on any atom is -0.390 e. The lowest BCUT2D eigenvalue weighted by Crippen LogP contribution is -2.14. The molecule has 1 amide bonds. The molecule has 1 aromatic heterocycles. The zero-order valence-corrected chi connectivity index (χ0v) is 17.3. The van der Waals surface area contributed by atoms with Crippen LogP contribution in [0.3, 0.4) is 0 Å². The number of nitrogens with one attached hydrogen (secondary N) is 1. The lowest BCUT2D eigenvalue weighted by Gasteiger charge is -2.08. The van der Waals surface area contributed by atoms with Gasteiger partial charge in [0.2, 0.25) is 5.91 Å². The molecule has 3 aromatic rings. The van der Waals surface area contributed by atoms with Gasteiger partial charge in [-0.15, -0.1) is 0 Å². The van der Waals surface area contributed by atoms with Gasteiger partial charge >= 0.3 is 0 Å². The monoisotopic (exact) mass is 445 g/mol. The van der Waals surface area contributed by atoms with Gasteiger partial charge in [0.15, 0.2) is 5.16 Å². The van der Waals surface area contributed by atoms with Crippen LogP contribution >= 0.6 is 27.7 Å². The molecule has 2 aromatic carbocycles. The number of aromatic nitrogens is 2. The zero-order chi connectivity index (χ0) is 19.2. The number of rotatable bonds is 7. The maximum atomic E-state index is 12.2. The number of carbonyl (C=O) groups excluding carboxylic acids is 1. The number of hydrogen-bond acceptors (Lipinski definition) is 4. The molecule has 0 saturated heterocycles. The number of amides is 1. The fourth-order valence-electron chi connectivity index (χ4n) is 2.51. The van der Waals surface area contributed by atoms with Gasteiger partial charge in [0.05, 0.1) is 18.1 Å². The zero-order valence-electron chi connectivity index (χ0n) is 14.9. The van der Waals surface area contributed by atoms with Crippen LogP contribution in [0.1, 0.15) is 16.8 Å². The van der Waals surface area contributed by atoms with Crippen LogP contribution in [0.15, 0.2) is 64.4 Å². The SMILES string of the molecule is Cc1ccc(Cn2cc(CO)nc2SCC(=O)Nc2ccc(Br)cc2)cc1. The lowest BCUT2D eigenvalue weighted by atomic mass is 10.1. The number of aliphatic hydroxyl groups is 1. The fourth-order valence-corrected chi connectivity index (χ4v) is 3.57. The maximum Gasteiger partial charge on any atom is 0.234 e. The lowest BCUT2D eigenvalue weighted by molar-refractivity contribution is -0.113. The van der Waals surface area contributed by atoms with Crippen molar-refractivity contribution in [2.45, 2.75) is 25.2 Å². The third-order valence-corrected chi connectivity index (χ3v) is 5.40. The van der Waals surface area contributed by atoms with Crippen molar-refractivity contribution in [2.24, 2.45) is 0 Å². The van der Waals surface area contributed by atoms with Crippen LogP contribution in [-0.2, 0) is 17.9 Å². The molecule has 5 nitrogen and oxygen atoms in total. The van der Waals surface area contributed by atoms with E-state index in [2.05, 4.69) is 57.4 Å². The van der Waals surface area contributed by atoms with E-state index in [1.807, 2.05) is 35.0 Å². The summed E-state index contributed by atoms with van der Waals surface area (Å²) in [5, 5.41) is 13.0. The first-order valence-electron chi connectivity index (χ1n) is 8.44. The number of aryl methyl sites for hydroxylation is 1. The Labute approximate surface area is 171 Å². The third-order valence-electron chi connectivity index (χ3n) is 3.89. The van der Waals surface area contributed by atoms with Gasteiger partial charge in [-0.25, -0.2) is 4.98 Å². The quantitative estimate of drug-likeness (QED) is 0.534. The van der Waals surface area contributed by atoms with Crippen molar-refractivity contribution in [3.8, 4) is 0 Å². The molecule has 0 unspecified atom stereocenters. The standard InChI is InChI=1S/C20H20BrN3O2S/c1-14-2-4-15(5-3-14)10-24-11-18(12-25)23-20(24)27-13-19(26)22-17-8-6-16(21)7-9-17/h2-9,11,25H,10,12-13H2,1H3,(H,22,26). The second-order valence-electron chi connectivity index (χ2n) is 6.13. The van der Waals surface area contributed by atoms with E-state index in [0.717, 1.165) is 15.7 Å². The normalized spacial score (nSPS) is 10.8. The number of nitrogens with zero attached hydrogens (tertiary/aromatic N) is 2. The van der Waals surface area contributed by atoms with Crippen LogP contribution in [0.5, 0.6) is 0 Å². The molecule has 0 aliphatic heterocycles. The van der Waals surface area contributed by atoms with E-state index >= 15 is 0 Å². The molecule has 2 N–H and O–H groups in total. The summed E-state index contributed by atoms with van der Waals surface area (Å²) in [4.78, 5) is 16.6. The van der Waals surface area contributed by atoms with E-state index in [4.69, 9.17) is 0 Å².